The number of nitrogens with zero attached hydrogens (tertiary/aromatic N) is 3. The second kappa shape index (κ2) is 7.04. The fourth-order valence-electron chi connectivity index (χ4n) is 5.07. The largest absolute Gasteiger partial charge is 0.465 e. The van der Waals surface area contributed by atoms with E-state index in [9.17, 15) is 4.79 Å². The second-order valence-electron chi connectivity index (χ2n) is 7.93. The first kappa shape index (κ1) is 17.4. The molecule has 1 aromatic carbocycles. The third-order valence-corrected chi connectivity index (χ3v) is 6.33. The van der Waals surface area contributed by atoms with Crippen LogP contribution in [-0.2, 0) is 17.7 Å². The minimum absolute atomic E-state index is 0.287. The van der Waals surface area contributed by atoms with Gasteiger partial charge in [0.1, 0.15) is 5.69 Å². The molecule has 1 aliphatic carbocycles. The van der Waals surface area contributed by atoms with Gasteiger partial charge in [-0.25, -0.2) is 4.79 Å². The minimum Gasteiger partial charge on any atom is -0.465 e. The maximum absolute atomic E-state index is 12.1. The molecule has 0 bridgehead atoms. The summed E-state index contributed by atoms with van der Waals surface area (Å²) in [5.74, 6) is 0.259. The molecular weight excluding hydrogens is 350 g/mol. The van der Waals surface area contributed by atoms with Crippen LogP contribution < -0.4 is 0 Å². The summed E-state index contributed by atoms with van der Waals surface area (Å²) in [5.41, 5.74) is 6.48. The average molecular weight is 375 g/mol. The first-order chi connectivity index (χ1) is 13.8. The van der Waals surface area contributed by atoms with Crippen molar-refractivity contribution in [3.63, 3.8) is 0 Å². The summed E-state index contributed by atoms with van der Waals surface area (Å²) < 4.78 is 7.34. The highest BCUT2D eigenvalue weighted by Gasteiger charge is 2.30. The lowest BCUT2D eigenvalue weighted by Crippen LogP contribution is -2.07. The first-order valence-electron chi connectivity index (χ1n) is 10.3. The van der Waals surface area contributed by atoms with E-state index in [1.165, 1.54) is 55.9 Å². The Balaban J connectivity index is 1.81. The molecular formula is C23H25N3O2. The van der Waals surface area contributed by atoms with Gasteiger partial charge in [-0.2, -0.15) is 0 Å². The predicted molar refractivity (Wildman–Crippen MR) is 108 cm³/mol. The average Bonchev–Trinajstić information content (AvgIpc) is 2.95. The number of ether oxygens (including phenoxy) is 1. The smallest absolute Gasteiger partial charge is 0.337 e. The van der Waals surface area contributed by atoms with Crippen LogP contribution in [0.2, 0.25) is 0 Å². The number of carbonyl (C=O) groups excluding carboxylic acids is 1. The van der Waals surface area contributed by atoms with Crippen molar-refractivity contribution in [3.05, 3.63) is 47.4 Å². The highest BCUT2D eigenvalue weighted by molar-refractivity contribution is 5.98. The highest BCUT2D eigenvalue weighted by atomic mass is 16.5. The Labute approximate surface area is 164 Å². The van der Waals surface area contributed by atoms with Gasteiger partial charge < -0.3 is 9.30 Å². The fraction of sp³-hybridized carbons (Fsp3) is 0.435. The molecule has 0 radical (unpaired) electrons. The SMILES string of the molecule is COC(=O)c1ccc2c(C3CCCCC3)c3n(c2c1)CCCc1nccnc1-3. The molecule has 5 rings (SSSR count). The Morgan fingerprint density at radius 1 is 1.11 bits per heavy atom. The van der Waals surface area contributed by atoms with Crippen molar-refractivity contribution in [1.82, 2.24) is 14.5 Å². The van der Waals surface area contributed by atoms with Gasteiger partial charge in [0.25, 0.3) is 0 Å². The maximum Gasteiger partial charge on any atom is 0.337 e. The van der Waals surface area contributed by atoms with Gasteiger partial charge in [-0.05, 0) is 49.3 Å². The van der Waals surface area contributed by atoms with Crippen LogP contribution in [-0.4, -0.2) is 27.6 Å². The van der Waals surface area contributed by atoms with Crippen molar-refractivity contribution in [2.45, 2.75) is 57.4 Å². The van der Waals surface area contributed by atoms with E-state index in [1.54, 1.807) is 12.4 Å². The number of aryl methyl sites for hydroxylation is 2. The van der Waals surface area contributed by atoms with E-state index < -0.39 is 0 Å². The van der Waals surface area contributed by atoms with Crippen LogP contribution >= 0.6 is 0 Å². The van der Waals surface area contributed by atoms with E-state index in [4.69, 9.17) is 9.72 Å². The molecule has 1 aliphatic heterocycles. The number of esters is 1. The normalized spacial score (nSPS) is 17.0. The first-order valence-corrected chi connectivity index (χ1v) is 10.3. The third kappa shape index (κ3) is 2.72. The Bertz CT molecular complexity index is 1050. The number of rotatable bonds is 2. The summed E-state index contributed by atoms with van der Waals surface area (Å²) in [5, 5.41) is 1.26. The molecule has 0 unspecified atom stereocenters. The number of carbonyl (C=O) groups is 1. The van der Waals surface area contributed by atoms with Gasteiger partial charge >= 0.3 is 5.97 Å². The molecule has 144 valence electrons. The molecule has 0 N–H and O–H groups in total. The van der Waals surface area contributed by atoms with E-state index in [1.807, 2.05) is 12.1 Å². The van der Waals surface area contributed by atoms with Gasteiger partial charge in [0.15, 0.2) is 0 Å². The molecule has 0 atom stereocenters. The number of benzene rings is 1. The van der Waals surface area contributed by atoms with Gasteiger partial charge in [0.2, 0.25) is 0 Å². The van der Waals surface area contributed by atoms with Crippen molar-refractivity contribution in [2.24, 2.45) is 0 Å². The third-order valence-electron chi connectivity index (χ3n) is 6.33. The molecule has 0 spiro atoms. The molecule has 0 saturated heterocycles. The van der Waals surface area contributed by atoms with Crippen molar-refractivity contribution >= 4 is 16.9 Å². The Morgan fingerprint density at radius 2 is 1.93 bits per heavy atom. The number of hydrogen-bond acceptors (Lipinski definition) is 4. The molecule has 1 fully saturated rings. The van der Waals surface area contributed by atoms with Crippen molar-refractivity contribution < 1.29 is 9.53 Å². The molecule has 1 saturated carbocycles. The molecule has 28 heavy (non-hydrogen) atoms. The summed E-state index contributed by atoms with van der Waals surface area (Å²) in [7, 11) is 1.43. The summed E-state index contributed by atoms with van der Waals surface area (Å²) in [6, 6.07) is 6.01. The molecule has 3 aromatic rings. The summed E-state index contributed by atoms with van der Waals surface area (Å²) in [6.07, 6.45) is 11.9. The second-order valence-corrected chi connectivity index (χ2v) is 7.93. The number of hydrogen-bond donors (Lipinski definition) is 0. The standard InChI is InChI=1S/C23H25N3O2/c1-28-23(27)16-9-10-17-19(14-16)26-13-5-8-18-21(25-12-11-24-18)22(26)20(17)15-6-3-2-4-7-15/h9-12,14-15H,2-8,13H2,1H3. The van der Waals surface area contributed by atoms with E-state index in [0.717, 1.165) is 36.3 Å². The van der Waals surface area contributed by atoms with Crippen molar-refractivity contribution in [1.29, 1.82) is 0 Å². The lowest BCUT2D eigenvalue weighted by Gasteiger charge is -2.23. The van der Waals surface area contributed by atoms with Gasteiger partial charge in [-0.1, -0.05) is 25.3 Å². The van der Waals surface area contributed by atoms with Crippen LogP contribution in [0.15, 0.2) is 30.6 Å². The predicted octanol–water partition coefficient (Wildman–Crippen LogP) is 4.88. The Hall–Kier alpha value is -2.69. The van der Waals surface area contributed by atoms with Crippen LogP contribution in [0, 0.1) is 0 Å². The van der Waals surface area contributed by atoms with Gasteiger partial charge in [-0.3, -0.25) is 9.97 Å². The Morgan fingerprint density at radius 3 is 2.75 bits per heavy atom. The minimum atomic E-state index is -0.287. The zero-order valence-electron chi connectivity index (χ0n) is 16.3. The van der Waals surface area contributed by atoms with Gasteiger partial charge in [-0.15, -0.1) is 0 Å². The van der Waals surface area contributed by atoms with Crippen molar-refractivity contribution in [2.75, 3.05) is 7.11 Å². The van der Waals surface area contributed by atoms with E-state index in [0.29, 0.717) is 11.5 Å². The number of methoxy groups -OCH3 is 1. The van der Waals surface area contributed by atoms with Gasteiger partial charge in [0.05, 0.1) is 24.1 Å². The van der Waals surface area contributed by atoms with Gasteiger partial charge in [0, 0.05) is 29.8 Å². The number of aromatic nitrogens is 3. The topological polar surface area (TPSA) is 57.0 Å². The Kier molecular flexibility index (Phi) is 4.38. The molecule has 0 amide bonds. The lowest BCUT2D eigenvalue weighted by atomic mass is 9.82. The zero-order chi connectivity index (χ0) is 19.1. The number of fused-ring (bicyclic) bond motifs is 5. The summed E-state index contributed by atoms with van der Waals surface area (Å²) in [4.78, 5) is 21.6. The van der Waals surface area contributed by atoms with Crippen LogP contribution in [0.25, 0.3) is 22.3 Å². The molecule has 2 aromatic heterocycles. The monoisotopic (exact) mass is 375 g/mol. The molecule has 2 aliphatic rings. The van der Waals surface area contributed by atoms with E-state index >= 15 is 0 Å². The summed E-state index contributed by atoms with van der Waals surface area (Å²) >= 11 is 0. The van der Waals surface area contributed by atoms with Crippen molar-refractivity contribution in [3.8, 4) is 11.4 Å². The maximum atomic E-state index is 12.1. The van der Waals surface area contributed by atoms with E-state index in [-0.39, 0.29) is 5.97 Å². The van der Waals surface area contributed by atoms with Crippen LogP contribution in [0.3, 0.4) is 0 Å². The highest BCUT2D eigenvalue weighted by Crippen LogP contribution is 2.45. The fourth-order valence-corrected chi connectivity index (χ4v) is 5.07. The van der Waals surface area contributed by atoms with E-state index in [2.05, 4.69) is 15.6 Å². The molecule has 3 heterocycles. The molecule has 5 nitrogen and oxygen atoms in total. The quantitative estimate of drug-likeness (QED) is 0.599. The molecule has 5 heteroatoms. The van der Waals surface area contributed by atoms with Crippen LogP contribution in [0.5, 0.6) is 0 Å². The van der Waals surface area contributed by atoms with Crippen LogP contribution in [0.4, 0.5) is 0 Å². The van der Waals surface area contributed by atoms with Crippen LogP contribution in [0.1, 0.15) is 66.1 Å². The summed E-state index contributed by atoms with van der Waals surface area (Å²) in [6.45, 7) is 0.918. The lowest BCUT2D eigenvalue weighted by molar-refractivity contribution is 0.0601. The zero-order valence-corrected chi connectivity index (χ0v) is 16.3.